The summed E-state index contributed by atoms with van der Waals surface area (Å²) in [5, 5.41) is 9.85. The van der Waals surface area contributed by atoms with E-state index in [0.717, 1.165) is 24.9 Å². The molecule has 1 aromatic rings. The molecule has 1 aromatic carbocycles. The number of rotatable bonds is 5. The van der Waals surface area contributed by atoms with Crippen molar-refractivity contribution >= 4 is 5.91 Å². The fourth-order valence-corrected chi connectivity index (χ4v) is 3.04. The Hall–Kier alpha value is -1.68. The van der Waals surface area contributed by atoms with Gasteiger partial charge in [0.2, 0.25) is 5.91 Å². The second-order valence-corrected chi connectivity index (χ2v) is 5.87. The van der Waals surface area contributed by atoms with Gasteiger partial charge < -0.3 is 10.0 Å². The average Bonchev–Trinajstić information content (AvgIpc) is 2.50. The van der Waals surface area contributed by atoms with Crippen LogP contribution in [-0.2, 0) is 11.2 Å². The third-order valence-corrected chi connectivity index (χ3v) is 4.16. The Labute approximate surface area is 125 Å². The summed E-state index contributed by atoms with van der Waals surface area (Å²) in [5.74, 6) is -0.204. The van der Waals surface area contributed by atoms with Gasteiger partial charge in [0.25, 0.3) is 0 Å². The van der Waals surface area contributed by atoms with Crippen LogP contribution in [0.1, 0.15) is 24.8 Å². The molecule has 1 fully saturated rings. The summed E-state index contributed by atoms with van der Waals surface area (Å²) in [6.45, 7) is 4.91. The van der Waals surface area contributed by atoms with Crippen LogP contribution >= 0.6 is 0 Å². The smallest absolute Gasteiger partial charge is 0.226 e. The van der Waals surface area contributed by atoms with Crippen molar-refractivity contribution in [3.05, 3.63) is 48.3 Å². The highest BCUT2D eigenvalue weighted by atomic mass is 19.1. The van der Waals surface area contributed by atoms with E-state index in [-0.39, 0.29) is 23.7 Å². The van der Waals surface area contributed by atoms with Gasteiger partial charge in [-0.1, -0.05) is 18.2 Å². The van der Waals surface area contributed by atoms with Gasteiger partial charge in [-0.3, -0.25) is 4.79 Å². The summed E-state index contributed by atoms with van der Waals surface area (Å²) in [6.07, 6.45) is 4.35. The van der Waals surface area contributed by atoms with Crippen LogP contribution in [0.3, 0.4) is 0 Å². The molecule has 1 aliphatic rings. The molecule has 114 valence electrons. The highest BCUT2D eigenvalue weighted by Crippen LogP contribution is 2.33. The van der Waals surface area contributed by atoms with E-state index in [2.05, 4.69) is 6.58 Å². The summed E-state index contributed by atoms with van der Waals surface area (Å²) in [7, 11) is 0. The Kier molecular flexibility index (Phi) is 5.12. The lowest BCUT2D eigenvalue weighted by atomic mass is 9.75. The summed E-state index contributed by atoms with van der Waals surface area (Å²) in [6, 6.07) is 6.36. The Morgan fingerprint density at radius 3 is 2.76 bits per heavy atom. The van der Waals surface area contributed by atoms with E-state index in [4.69, 9.17) is 0 Å². The zero-order chi connectivity index (χ0) is 15.3. The highest BCUT2D eigenvalue weighted by molar-refractivity contribution is 5.77. The van der Waals surface area contributed by atoms with Gasteiger partial charge in [-0.05, 0) is 37.0 Å². The van der Waals surface area contributed by atoms with Gasteiger partial charge in [0.1, 0.15) is 5.82 Å². The molecular formula is C17H22FNO2. The average molecular weight is 291 g/mol. The Balaban J connectivity index is 2.10. The maximum Gasteiger partial charge on any atom is 0.226 e. The van der Waals surface area contributed by atoms with Crippen LogP contribution in [0.2, 0.25) is 0 Å². The van der Waals surface area contributed by atoms with Crippen LogP contribution < -0.4 is 0 Å². The van der Waals surface area contributed by atoms with Crippen molar-refractivity contribution in [3.8, 4) is 0 Å². The Morgan fingerprint density at radius 1 is 1.43 bits per heavy atom. The van der Waals surface area contributed by atoms with Gasteiger partial charge in [0, 0.05) is 24.9 Å². The lowest BCUT2D eigenvalue weighted by Crippen LogP contribution is -2.48. The standard InChI is InChI=1S/C17H22FNO2/c1-2-4-16(21)19-10-3-9-17(12-19,13-20)11-14-5-7-15(18)8-6-14/h2,5-8,20H,1,3-4,9-13H2/t17-/m0/s1. The minimum atomic E-state index is -0.326. The number of hydrogen-bond donors (Lipinski definition) is 1. The van der Waals surface area contributed by atoms with E-state index in [1.807, 2.05) is 4.90 Å². The van der Waals surface area contributed by atoms with Crippen molar-refractivity contribution < 1.29 is 14.3 Å². The molecule has 0 aliphatic carbocycles. The summed E-state index contributed by atoms with van der Waals surface area (Å²) >= 11 is 0. The molecule has 21 heavy (non-hydrogen) atoms. The van der Waals surface area contributed by atoms with Gasteiger partial charge in [-0.2, -0.15) is 0 Å². The number of aliphatic hydroxyl groups is 1. The number of halogens is 1. The quantitative estimate of drug-likeness (QED) is 0.847. The van der Waals surface area contributed by atoms with Gasteiger partial charge in [0.05, 0.1) is 6.61 Å². The molecule has 0 bridgehead atoms. The van der Waals surface area contributed by atoms with Crippen molar-refractivity contribution in [1.82, 2.24) is 4.90 Å². The molecular weight excluding hydrogens is 269 g/mol. The van der Waals surface area contributed by atoms with Crippen molar-refractivity contribution in [3.63, 3.8) is 0 Å². The minimum Gasteiger partial charge on any atom is -0.396 e. The minimum absolute atomic E-state index is 0.0300. The molecule has 1 saturated heterocycles. The molecule has 1 amide bonds. The van der Waals surface area contributed by atoms with E-state index in [9.17, 15) is 14.3 Å². The number of piperidine rings is 1. The van der Waals surface area contributed by atoms with Crippen LogP contribution in [0.15, 0.2) is 36.9 Å². The normalized spacial score (nSPS) is 22.1. The fourth-order valence-electron chi connectivity index (χ4n) is 3.04. The Morgan fingerprint density at radius 2 is 2.14 bits per heavy atom. The largest absolute Gasteiger partial charge is 0.396 e. The molecule has 1 heterocycles. The Bertz CT molecular complexity index is 500. The summed E-state index contributed by atoms with van der Waals surface area (Å²) in [5.41, 5.74) is 0.663. The summed E-state index contributed by atoms with van der Waals surface area (Å²) < 4.78 is 13.0. The van der Waals surface area contributed by atoms with Crippen molar-refractivity contribution in [1.29, 1.82) is 0 Å². The molecule has 3 nitrogen and oxygen atoms in total. The first-order chi connectivity index (χ1) is 10.1. The van der Waals surface area contributed by atoms with Gasteiger partial charge in [0.15, 0.2) is 0 Å². The number of carbonyl (C=O) groups excluding carboxylic acids is 1. The van der Waals surface area contributed by atoms with Crippen molar-refractivity contribution in [2.24, 2.45) is 5.41 Å². The molecule has 2 rings (SSSR count). The maximum absolute atomic E-state index is 13.0. The van der Waals surface area contributed by atoms with E-state index < -0.39 is 0 Å². The van der Waals surface area contributed by atoms with Crippen LogP contribution in [0.5, 0.6) is 0 Å². The second-order valence-electron chi connectivity index (χ2n) is 5.87. The van der Waals surface area contributed by atoms with Crippen molar-refractivity contribution in [2.45, 2.75) is 25.7 Å². The SMILES string of the molecule is C=CCC(=O)N1CCC[C@](CO)(Cc2ccc(F)cc2)C1. The van der Waals surface area contributed by atoms with Crippen LogP contribution in [0.4, 0.5) is 4.39 Å². The monoisotopic (exact) mass is 291 g/mol. The molecule has 0 spiro atoms. The van der Waals surface area contributed by atoms with Crippen LogP contribution in [0.25, 0.3) is 0 Å². The lowest BCUT2D eigenvalue weighted by Gasteiger charge is -2.42. The van der Waals surface area contributed by atoms with E-state index in [1.165, 1.54) is 12.1 Å². The molecule has 1 aliphatic heterocycles. The zero-order valence-electron chi connectivity index (χ0n) is 12.2. The van der Waals surface area contributed by atoms with E-state index in [0.29, 0.717) is 19.4 Å². The number of carbonyl (C=O) groups is 1. The second kappa shape index (κ2) is 6.85. The molecule has 0 saturated carbocycles. The molecule has 0 radical (unpaired) electrons. The van der Waals surface area contributed by atoms with Gasteiger partial charge in [-0.15, -0.1) is 6.58 Å². The fraction of sp³-hybridized carbons (Fsp3) is 0.471. The third-order valence-electron chi connectivity index (χ3n) is 4.16. The topological polar surface area (TPSA) is 40.5 Å². The lowest BCUT2D eigenvalue weighted by molar-refractivity contribution is -0.134. The first-order valence-corrected chi connectivity index (χ1v) is 7.32. The molecule has 1 N–H and O–H groups in total. The van der Waals surface area contributed by atoms with Crippen LogP contribution in [0, 0.1) is 11.2 Å². The predicted octanol–water partition coefficient (Wildman–Crippen LogP) is 2.55. The zero-order valence-corrected chi connectivity index (χ0v) is 12.2. The highest BCUT2D eigenvalue weighted by Gasteiger charge is 2.36. The molecule has 1 atom stereocenters. The van der Waals surface area contributed by atoms with Gasteiger partial charge >= 0.3 is 0 Å². The number of likely N-dealkylation sites (tertiary alicyclic amines) is 1. The van der Waals surface area contributed by atoms with Gasteiger partial charge in [-0.25, -0.2) is 4.39 Å². The summed E-state index contributed by atoms with van der Waals surface area (Å²) in [4.78, 5) is 13.8. The molecule has 0 aromatic heterocycles. The maximum atomic E-state index is 13.0. The van der Waals surface area contributed by atoms with E-state index >= 15 is 0 Å². The number of aliphatic hydroxyl groups excluding tert-OH is 1. The third kappa shape index (κ3) is 3.91. The first kappa shape index (κ1) is 15.7. The molecule has 4 heteroatoms. The molecule has 0 unspecified atom stereocenters. The van der Waals surface area contributed by atoms with E-state index in [1.54, 1.807) is 18.2 Å². The van der Waals surface area contributed by atoms with Crippen molar-refractivity contribution in [2.75, 3.05) is 19.7 Å². The van der Waals surface area contributed by atoms with Crippen LogP contribution in [-0.4, -0.2) is 35.6 Å². The number of hydrogen-bond acceptors (Lipinski definition) is 2. The number of benzene rings is 1. The number of nitrogens with zero attached hydrogens (tertiary/aromatic N) is 1. The first-order valence-electron chi connectivity index (χ1n) is 7.32. The number of amides is 1. The predicted molar refractivity (Wildman–Crippen MR) is 80.3 cm³/mol.